The summed E-state index contributed by atoms with van der Waals surface area (Å²) < 4.78 is 54.0. The first-order chi connectivity index (χ1) is 15.2. The molecule has 2 aromatic rings. The van der Waals surface area contributed by atoms with Crippen molar-refractivity contribution in [3.8, 4) is 0 Å². The van der Waals surface area contributed by atoms with Gasteiger partial charge in [-0.25, -0.2) is 9.29 Å². The predicted octanol–water partition coefficient (Wildman–Crippen LogP) is 3.34. The Morgan fingerprint density at radius 1 is 0.875 bits per heavy atom. The number of imide groups is 1. The summed E-state index contributed by atoms with van der Waals surface area (Å²) in [7, 11) is 0. The van der Waals surface area contributed by atoms with E-state index < -0.39 is 59.1 Å². The number of carbonyl (C=O) groups excluding carboxylic acids is 3. The van der Waals surface area contributed by atoms with Crippen molar-refractivity contribution in [3.63, 3.8) is 0 Å². The molecule has 0 aliphatic carbocycles. The first-order valence-electron chi connectivity index (χ1n) is 9.95. The Morgan fingerprint density at radius 2 is 1.56 bits per heavy atom. The number of alkyl halides is 3. The molecule has 0 aromatic heterocycles. The molecule has 2 saturated heterocycles. The lowest BCUT2D eigenvalue weighted by molar-refractivity contribution is -0.140. The fourth-order valence-corrected chi connectivity index (χ4v) is 5.02. The zero-order valence-corrected chi connectivity index (χ0v) is 16.4. The van der Waals surface area contributed by atoms with Gasteiger partial charge in [-0.05, 0) is 24.3 Å². The summed E-state index contributed by atoms with van der Waals surface area (Å²) in [4.78, 5) is 41.7. The van der Waals surface area contributed by atoms with Crippen LogP contribution < -0.4 is 4.90 Å². The van der Waals surface area contributed by atoms with Gasteiger partial charge in [0.2, 0.25) is 11.8 Å². The molecule has 0 radical (unpaired) electrons. The van der Waals surface area contributed by atoms with E-state index in [1.54, 1.807) is 30.3 Å². The summed E-state index contributed by atoms with van der Waals surface area (Å²) in [5.41, 5.74) is -1.26. The fourth-order valence-electron chi connectivity index (χ4n) is 5.02. The highest BCUT2D eigenvalue weighted by molar-refractivity contribution is 6.24. The number of hydrogen-bond donors (Lipinski definition) is 0. The van der Waals surface area contributed by atoms with Gasteiger partial charge in [-0.1, -0.05) is 36.4 Å². The smallest absolute Gasteiger partial charge is 0.293 e. The summed E-state index contributed by atoms with van der Waals surface area (Å²) in [5.74, 6) is -4.72. The van der Waals surface area contributed by atoms with Crippen LogP contribution in [0.15, 0.2) is 60.7 Å². The van der Waals surface area contributed by atoms with Crippen LogP contribution in [0.2, 0.25) is 0 Å². The van der Waals surface area contributed by atoms with Gasteiger partial charge in [-0.2, -0.15) is 13.2 Å². The minimum atomic E-state index is -4.87. The Labute approximate surface area is 179 Å². The summed E-state index contributed by atoms with van der Waals surface area (Å²) in [6, 6.07) is 9.52. The molecular weight excluding hydrogens is 428 g/mol. The van der Waals surface area contributed by atoms with Crippen molar-refractivity contribution in [2.45, 2.75) is 24.8 Å². The first kappa shape index (κ1) is 20.6. The van der Waals surface area contributed by atoms with Crippen molar-refractivity contribution < 1.29 is 31.9 Å². The SMILES string of the molecule is O=C1C=C[C@H]2[C@@H]3C(=O)N(c4ccccc4)C(=O)[C@@H]3[C@@H]1N2Cc1cccc(C(F)(F)F)c1F. The molecule has 5 nitrogen and oxygen atoms in total. The van der Waals surface area contributed by atoms with E-state index in [0.29, 0.717) is 11.8 Å². The van der Waals surface area contributed by atoms with Gasteiger partial charge in [0.05, 0.1) is 29.1 Å². The van der Waals surface area contributed by atoms with Crippen molar-refractivity contribution in [1.29, 1.82) is 0 Å². The summed E-state index contributed by atoms with van der Waals surface area (Å²) in [6.45, 7) is -0.333. The number of fused-ring (bicyclic) bond motifs is 5. The van der Waals surface area contributed by atoms with Gasteiger partial charge in [-0.15, -0.1) is 0 Å². The lowest BCUT2D eigenvalue weighted by atomic mass is 9.90. The molecule has 2 bridgehead atoms. The Hall–Kier alpha value is -3.33. The van der Waals surface area contributed by atoms with Crippen LogP contribution in [-0.2, 0) is 27.1 Å². The topological polar surface area (TPSA) is 57.7 Å². The van der Waals surface area contributed by atoms with Crippen molar-refractivity contribution in [2.75, 3.05) is 4.90 Å². The highest BCUT2D eigenvalue weighted by Gasteiger charge is 2.64. The van der Waals surface area contributed by atoms with Crippen molar-refractivity contribution in [3.05, 3.63) is 77.6 Å². The molecule has 0 spiro atoms. The minimum absolute atomic E-state index is 0.252. The molecule has 0 saturated carbocycles. The molecule has 4 atom stereocenters. The van der Waals surface area contributed by atoms with Gasteiger partial charge >= 0.3 is 6.18 Å². The quantitative estimate of drug-likeness (QED) is 0.538. The van der Waals surface area contributed by atoms with Gasteiger partial charge in [0.1, 0.15) is 5.82 Å². The molecule has 0 unspecified atom stereocenters. The second-order valence-electron chi connectivity index (χ2n) is 8.04. The Balaban J connectivity index is 1.51. The maximum atomic E-state index is 14.6. The maximum Gasteiger partial charge on any atom is 0.419 e. The van der Waals surface area contributed by atoms with Gasteiger partial charge in [-0.3, -0.25) is 19.3 Å². The van der Waals surface area contributed by atoms with Crippen LogP contribution in [0, 0.1) is 17.7 Å². The Bertz CT molecular complexity index is 1160. The van der Waals surface area contributed by atoms with Gasteiger partial charge in [0.25, 0.3) is 0 Å². The van der Waals surface area contributed by atoms with Crippen LogP contribution in [0.25, 0.3) is 0 Å². The molecule has 2 fully saturated rings. The number of nitrogens with zero attached hydrogens (tertiary/aromatic N) is 2. The number of carbonyl (C=O) groups is 3. The molecule has 0 N–H and O–H groups in total. The van der Waals surface area contributed by atoms with Crippen LogP contribution in [0.1, 0.15) is 11.1 Å². The number of anilines is 1. The highest BCUT2D eigenvalue weighted by atomic mass is 19.4. The molecule has 2 amide bonds. The van der Waals surface area contributed by atoms with Crippen LogP contribution in [0.3, 0.4) is 0 Å². The molecule has 9 heteroatoms. The van der Waals surface area contributed by atoms with E-state index in [0.717, 1.165) is 11.0 Å². The summed E-state index contributed by atoms with van der Waals surface area (Å²) >= 11 is 0. The standard InChI is InChI=1S/C23H16F4N2O3/c24-19-12(5-4-8-14(19)23(25,26)27)11-28-15-9-10-16(30)20(28)18-17(15)21(31)29(22(18)32)13-6-2-1-3-7-13/h1-10,15,17-18,20H,11H2/t15-,17-,18-,20+/m0/s1. The second-order valence-corrected chi connectivity index (χ2v) is 8.04. The predicted molar refractivity (Wildman–Crippen MR) is 105 cm³/mol. The van der Waals surface area contributed by atoms with Crippen molar-refractivity contribution in [2.24, 2.45) is 11.8 Å². The molecule has 2 aromatic carbocycles. The second kappa shape index (κ2) is 7.09. The van der Waals surface area contributed by atoms with E-state index in [2.05, 4.69) is 0 Å². The molecule has 164 valence electrons. The largest absolute Gasteiger partial charge is 0.419 e. The molecule has 3 heterocycles. The average Bonchev–Trinajstić information content (AvgIpc) is 3.13. The van der Waals surface area contributed by atoms with Crippen LogP contribution in [-0.4, -0.2) is 34.6 Å². The summed E-state index contributed by atoms with van der Waals surface area (Å²) in [6.07, 6.45) is -2.09. The molecule has 3 aliphatic heterocycles. The zero-order chi connectivity index (χ0) is 22.8. The van der Waals surface area contributed by atoms with E-state index in [1.807, 2.05) is 0 Å². The number of para-hydroxylation sites is 1. The maximum absolute atomic E-state index is 14.6. The summed E-state index contributed by atoms with van der Waals surface area (Å²) in [5, 5.41) is 0. The van der Waals surface area contributed by atoms with E-state index in [9.17, 15) is 31.9 Å². The number of benzene rings is 2. The first-order valence-corrected chi connectivity index (χ1v) is 9.95. The lowest BCUT2D eigenvalue weighted by Gasteiger charge is -2.33. The number of rotatable bonds is 3. The number of amides is 2. The molecule has 32 heavy (non-hydrogen) atoms. The monoisotopic (exact) mass is 444 g/mol. The molecule has 3 aliphatic rings. The van der Waals surface area contributed by atoms with Crippen LogP contribution >= 0.6 is 0 Å². The third kappa shape index (κ3) is 2.91. The van der Waals surface area contributed by atoms with Gasteiger partial charge < -0.3 is 0 Å². The minimum Gasteiger partial charge on any atom is -0.293 e. The number of halogens is 4. The fraction of sp³-hybridized carbons (Fsp3) is 0.261. The van der Waals surface area contributed by atoms with Gasteiger partial charge in [0.15, 0.2) is 5.78 Å². The van der Waals surface area contributed by atoms with Crippen LogP contribution in [0.5, 0.6) is 0 Å². The average molecular weight is 444 g/mol. The Morgan fingerprint density at radius 3 is 2.25 bits per heavy atom. The third-order valence-corrected chi connectivity index (χ3v) is 6.35. The third-order valence-electron chi connectivity index (χ3n) is 6.35. The number of ketones is 1. The number of hydrogen-bond acceptors (Lipinski definition) is 4. The van der Waals surface area contributed by atoms with Crippen LogP contribution in [0.4, 0.5) is 23.2 Å². The molecular formula is C23H16F4N2O3. The van der Waals surface area contributed by atoms with E-state index >= 15 is 0 Å². The van der Waals surface area contributed by atoms with Crippen molar-refractivity contribution >= 4 is 23.3 Å². The van der Waals surface area contributed by atoms with E-state index in [1.165, 1.54) is 23.1 Å². The zero-order valence-electron chi connectivity index (χ0n) is 16.4. The highest BCUT2D eigenvalue weighted by Crippen LogP contribution is 2.47. The Kier molecular flexibility index (Phi) is 4.56. The van der Waals surface area contributed by atoms with Crippen molar-refractivity contribution in [1.82, 2.24) is 4.90 Å². The van der Waals surface area contributed by atoms with E-state index in [-0.39, 0.29) is 12.1 Å². The van der Waals surface area contributed by atoms with Gasteiger partial charge in [0, 0.05) is 18.2 Å². The van der Waals surface area contributed by atoms with E-state index in [4.69, 9.17) is 0 Å². The molecule has 5 rings (SSSR count). The normalized spacial score (nSPS) is 27.4. The lowest BCUT2D eigenvalue weighted by Crippen LogP contribution is -2.49.